The van der Waals surface area contributed by atoms with E-state index >= 15 is 0 Å². The molecule has 0 fully saturated rings. The van der Waals surface area contributed by atoms with Gasteiger partial charge < -0.3 is 10.6 Å². The van der Waals surface area contributed by atoms with Crippen LogP contribution >= 0.6 is 0 Å². The van der Waals surface area contributed by atoms with Crippen molar-refractivity contribution in [2.45, 2.75) is 306 Å². The number of allylic oxidation sites excluding steroid dienone is 1. The lowest BCUT2D eigenvalue weighted by atomic mass is 9.81. The van der Waals surface area contributed by atoms with E-state index in [1.807, 2.05) is 38.4 Å². The number of hydrogen-bond donors (Lipinski definition) is 2. The Hall–Kier alpha value is -7.68. The SMILES string of the molecule is C.C.C.C=CCc1ccc(C(C)(C)C)cc1.C=Cc1cc(C=C)cc(C(C)(C)C)c1.C=Cc1cccc(C(C)(C)C)c1.CCCc1cc(C)cc(C(C)(C)C)c1.CCc1ccc(C(C)(C)C)cc1.CNc1cc(C)c(C(C)(C)C)c(C)c1.CNc1ccc(C(C)(C)C)c(C)c1.Cc1cccc(C(C)(C)C)c1. The lowest BCUT2D eigenvalue weighted by molar-refractivity contribution is 0.582. The number of aryl methyl sites for hydroxylation is 7. The molecule has 0 bridgehead atoms. The van der Waals surface area contributed by atoms with Crippen LogP contribution < -0.4 is 10.6 Å². The van der Waals surface area contributed by atoms with Crippen LogP contribution in [0.2, 0.25) is 0 Å². The molecule has 8 rings (SSSR count). The molecule has 106 heavy (non-hydrogen) atoms. The second-order valence-electron chi connectivity index (χ2n) is 36.2. The minimum absolute atomic E-state index is 0. The monoisotopic (exact) mass is 1440 g/mol. The Kier molecular flexibility index (Phi) is 44.3. The molecule has 0 radical (unpaired) electrons. The zero-order valence-corrected chi connectivity index (χ0v) is 72.1. The molecule has 8 aromatic carbocycles. The molecule has 0 aromatic heterocycles. The van der Waals surface area contributed by atoms with Crippen molar-refractivity contribution in [1.29, 1.82) is 0 Å². The summed E-state index contributed by atoms with van der Waals surface area (Å²) in [7, 11) is 3.91. The van der Waals surface area contributed by atoms with Crippen molar-refractivity contribution in [2.75, 3.05) is 24.7 Å². The van der Waals surface area contributed by atoms with Crippen LogP contribution in [0.25, 0.3) is 18.2 Å². The van der Waals surface area contributed by atoms with Crippen LogP contribution in [-0.4, -0.2) is 14.1 Å². The van der Waals surface area contributed by atoms with Gasteiger partial charge in [0.1, 0.15) is 0 Å². The first kappa shape index (κ1) is 102. The number of benzene rings is 8. The summed E-state index contributed by atoms with van der Waals surface area (Å²) in [5.74, 6) is 0. The predicted molar refractivity (Wildman–Crippen MR) is 492 cm³/mol. The minimum Gasteiger partial charge on any atom is -0.388 e. The summed E-state index contributed by atoms with van der Waals surface area (Å²) in [6, 6.07) is 59.3. The lowest BCUT2D eigenvalue weighted by Crippen LogP contribution is -2.15. The van der Waals surface area contributed by atoms with E-state index in [-0.39, 0.29) is 65.6 Å². The summed E-state index contributed by atoms with van der Waals surface area (Å²) in [5.41, 5.74) is 30.2. The molecular formula is C104H160N2. The fourth-order valence-electron chi connectivity index (χ4n) is 11.8. The van der Waals surface area contributed by atoms with E-state index in [0.29, 0.717) is 0 Å². The number of anilines is 2. The molecule has 0 aliphatic heterocycles. The van der Waals surface area contributed by atoms with Gasteiger partial charge in [0.15, 0.2) is 0 Å². The van der Waals surface area contributed by atoms with Gasteiger partial charge >= 0.3 is 0 Å². The third-order valence-electron chi connectivity index (χ3n) is 18.1. The first-order chi connectivity index (χ1) is 47.3. The Balaban J connectivity index is -0.00000114. The minimum atomic E-state index is 0. The second kappa shape index (κ2) is 45.9. The van der Waals surface area contributed by atoms with Gasteiger partial charge in [-0.25, -0.2) is 0 Å². The summed E-state index contributed by atoms with van der Waals surface area (Å²) in [6.07, 6.45) is 12.1. The van der Waals surface area contributed by atoms with E-state index in [1.165, 1.54) is 119 Å². The standard InChI is InChI=1S/C14H22.C14H18.C13H21N.C13H18.C12H19N.C12H18.C12H16.C11H16.3CH4/c1-6-7-12-8-11(2)9-13(10-12)14(3,4)5;1-6-11-8-12(7-2)10-13(9-11)14(3,4)5;1-9-7-11(14-6)8-10(2)12(9)13(3,4)5;1-5-6-11-7-9-12(10-8-11)13(2,3)4;1-9-8-10(13-5)6-7-11(9)12(2,3)4;1-5-10-6-8-11(9-7-10)12(2,3)4;1-5-10-7-6-8-11(9-10)12(2,3)4;1-9-6-5-7-10(8-9)11(2,3)4;;;/h8-10H,6-7H2,1-5H3;6-10H,1-2H2,3-5H3;7-8,14H,1-6H3;5,7-10H,1,6H2,2-4H3;6-8,13H,1-5H3;6-9H,5H2,1-4H3;5-9H,1H2,2-4H3;5-8H,1-4H3;3*1H4. The zero-order valence-electron chi connectivity index (χ0n) is 72.1. The third-order valence-corrected chi connectivity index (χ3v) is 18.1. The van der Waals surface area contributed by atoms with Crippen LogP contribution in [0.5, 0.6) is 0 Å². The summed E-state index contributed by atoms with van der Waals surface area (Å²) in [5, 5.41) is 6.33. The molecule has 0 aliphatic carbocycles. The van der Waals surface area contributed by atoms with Gasteiger partial charge in [0.05, 0.1) is 0 Å². The van der Waals surface area contributed by atoms with Gasteiger partial charge in [-0.15, -0.1) is 6.58 Å². The van der Waals surface area contributed by atoms with E-state index in [4.69, 9.17) is 0 Å². The van der Waals surface area contributed by atoms with Gasteiger partial charge in [0.2, 0.25) is 0 Å². The molecule has 0 aliphatic rings. The van der Waals surface area contributed by atoms with E-state index in [9.17, 15) is 0 Å². The fraction of sp³-hybridized carbons (Fsp3) is 0.462. The average molecular weight is 1440 g/mol. The van der Waals surface area contributed by atoms with Crippen molar-refractivity contribution in [2.24, 2.45) is 0 Å². The van der Waals surface area contributed by atoms with Gasteiger partial charge in [-0.3, -0.25) is 0 Å². The molecule has 0 amide bonds. The van der Waals surface area contributed by atoms with Gasteiger partial charge in [0.25, 0.3) is 0 Å². The summed E-state index contributed by atoms with van der Waals surface area (Å²) in [4.78, 5) is 0. The van der Waals surface area contributed by atoms with E-state index in [1.54, 1.807) is 0 Å². The van der Waals surface area contributed by atoms with Crippen molar-refractivity contribution in [3.63, 3.8) is 0 Å². The second-order valence-corrected chi connectivity index (χ2v) is 36.2. The topological polar surface area (TPSA) is 24.1 Å². The molecule has 586 valence electrons. The van der Waals surface area contributed by atoms with Crippen molar-refractivity contribution in [1.82, 2.24) is 0 Å². The predicted octanol–water partition coefficient (Wildman–Crippen LogP) is 31.6. The molecule has 0 unspecified atom stereocenters. The Bertz CT molecular complexity index is 3790. The highest BCUT2D eigenvalue weighted by atomic mass is 14.8. The first-order valence-corrected chi connectivity index (χ1v) is 38.0. The molecule has 0 saturated heterocycles. The highest BCUT2D eigenvalue weighted by molar-refractivity contribution is 5.59. The fourth-order valence-corrected chi connectivity index (χ4v) is 11.8. The zero-order chi connectivity index (χ0) is 79.3. The number of hydrogen-bond acceptors (Lipinski definition) is 2. The quantitative estimate of drug-likeness (QED) is 0.133. The highest BCUT2D eigenvalue weighted by Crippen LogP contribution is 2.33. The molecule has 0 heterocycles. The van der Waals surface area contributed by atoms with Crippen molar-refractivity contribution < 1.29 is 0 Å². The number of nitrogens with one attached hydrogen (secondary N) is 2. The van der Waals surface area contributed by atoms with Crippen molar-refractivity contribution >= 4 is 29.6 Å². The maximum Gasteiger partial charge on any atom is 0.0343 e. The van der Waals surface area contributed by atoms with Crippen LogP contribution in [-0.2, 0) is 62.6 Å². The third kappa shape index (κ3) is 38.2. The van der Waals surface area contributed by atoms with Crippen LogP contribution in [0.4, 0.5) is 11.4 Å². The largest absolute Gasteiger partial charge is 0.388 e. The van der Waals surface area contributed by atoms with Crippen LogP contribution in [0.3, 0.4) is 0 Å². The Morgan fingerprint density at radius 3 is 1.03 bits per heavy atom. The molecule has 2 heteroatoms. The maximum atomic E-state index is 3.80. The van der Waals surface area contributed by atoms with E-state index in [2.05, 4.69) is 415 Å². The molecular weight excluding hydrogens is 1280 g/mol. The average Bonchev–Trinajstić information content (AvgIpc) is 0.807. The van der Waals surface area contributed by atoms with E-state index in [0.717, 1.165) is 24.0 Å². The molecule has 2 nitrogen and oxygen atoms in total. The normalized spacial score (nSPS) is 11.1. The Morgan fingerprint density at radius 1 is 0.311 bits per heavy atom. The lowest BCUT2D eigenvalue weighted by Gasteiger charge is -2.25. The van der Waals surface area contributed by atoms with Gasteiger partial charge in [-0.05, 0) is 222 Å². The molecule has 0 atom stereocenters. The molecule has 0 spiro atoms. The van der Waals surface area contributed by atoms with Crippen LogP contribution in [0.15, 0.2) is 196 Å². The summed E-state index contributed by atoms with van der Waals surface area (Å²) < 4.78 is 0. The molecule has 8 aromatic rings. The Labute approximate surface area is 658 Å². The van der Waals surface area contributed by atoms with Gasteiger partial charge in [-0.1, -0.05) is 397 Å². The maximum absolute atomic E-state index is 3.80. The summed E-state index contributed by atoms with van der Waals surface area (Å²) in [6.45, 7) is 84.1. The summed E-state index contributed by atoms with van der Waals surface area (Å²) >= 11 is 0. The van der Waals surface area contributed by atoms with Gasteiger partial charge in [-0.2, -0.15) is 0 Å². The van der Waals surface area contributed by atoms with Crippen LogP contribution in [0.1, 0.15) is 314 Å². The number of rotatable bonds is 10. The molecule has 0 saturated carbocycles. The van der Waals surface area contributed by atoms with Crippen LogP contribution in [0, 0.1) is 34.6 Å². The van der Waals surface area contributed by atoms with Crippen molar-refractivity contribution in [3.05, 3.63) is 302 Å². The highest BCUT2D eigenvalue weighted by Gasteiger charge is 2.21. The molecule has 2 N–H and O–H groups in total. The first-order valence-electron chi connectivity index (χ1n) is 38.0. The van der Waals surface area contributed by atoms with Crippen molar-refractivity contribution in [3.8, 4) is 0 Å². The smallest absolute Gasteiger partial charge is 0.0343 e. The van der Waals surface area contributed by atoms with E-state index < -0.39 is 0 Å². The van der Waals surface area contributed by atoms with Gasteiger partial charge in [0, 0.05) is 25.5 Å². The Morgan fingerprint density at radius 2 is 0.689 bits per heavy atom.